The predicted molar refractivity (Wildman–Crippen MR) is 78.0 cm³/mol. The Labute approximate surface area is 114 Å². The fourth-order valence-electron chi connectivity index (χ4n) is 1.75. The van der Waals surface area contributed by atoms with Gasteiger partial charge in [-0.2, -0.15) is 5.10 Å². The summed E-state index contributed by atoms with van der Waals surface area (Å²) in [5.41, 5.74) is 7.37. The molecule has 102 valence electrons. The second kappa shape index (κ2) is 7.33. The molecule has 0 saturated carbocycles. The molecule has 18 heavy (non-hydrogen) atoms. The molecule has 1 aromatic heterocycles. The zero-order chi connectivity index (χ0) is 13.5. The van der Waals surface area contributed by atoms with Gasteiger partial charge in [-0.05, 0) is 13.3 Å². The van der Waals surface area contributed by atoms with Gasteiger partial charge in [-0.3, -0.25) is 4.68 Å². The first kappa shape index (κ1) is 14.9. The average Bonchev–Trinajstić information content (AvgIpc) is 2.58. The average molecular weight is 270 g/mol. The number of unbranched alkanes of at least 4 members (excludes halogenated alkanes) is 1. The highest BCUT2D eigenvalue weighted by Gasteiger charge is 2.14. The van der Waals surface area contributed by atoms with Gasteiger partial charge in [0, 0.05) is 20.2 Å². The van der Waals surface area contributed by atoms with E-state index in [-0.39, 0.29) is 0 Å². The lowest BCUT2D eigenvalue weighted by Gasteiger charge is -2.09. The van der Waals surface area contributed by atoms with Crippen molar-refractivity contribution in [3.05, 3.63) is 11.3 Å². The molecule has 0 aliphatic rings. The van der Waals surface area contributed by atoms with Gasteiger partial charge in [0.15, 0.2) is 0 Å². The van der Waals surface area contributed by atoms with Crippen LogP contribution in [-0.4, -0.2) is 34.5 Å². The van der Waals surface area contributed by atoms with Crippen molar-refractivity contribution in [1.29, 1.82) is 0 Å². The quantitative estimate of drug-likeness (QED) is 0.555. The van der Waals surface area contributed by atoms with E-state index in [4.69, 9.17) is 22.7 Å². The third-order valence-electron chi connectivity index (χ3n) is 2.65. The van der Waals surface area contributed by atoms with Gasteiger partial charge in [0.1, 0.15) is 10.8 Å². The van der Waals surface area contributed by atoms with Crippen LogP contribution in [-0.2, 0) is 11.8 Å². The highest BCUT2D eigenvalue weighted by atomic mass is 32.1. The van der Waals surface area contributed by atoms with E-state index < -0.39 is 0 Å². The van der Waals surface area contributed by atoms with Crippen LogP contribution in [0.25, 0.3) is 0 Å². The molecular weight excluding hydrogens is 248 g/mol. The Morgan fingerprint density at radius 1 is 1.50 bits per heavy atom. The maximum atomic E-state index is 5.71. The normalized spacial score (nSPS) is 10.6. The summed E-state index contributed by atoms with van der Waals surface area (Å²) in [4.78, 5) is 0.370. The Morgan fingerprint density at radius 2 is 2.22 bits per heavy atom. The molecule has 0 aromatic carbocycles. The third-order valence-corrected chi connectivity index (χ3v) is 2.85. The lowest BCUT2D eigenvalue weighted by Crippen LogP contribution is -2.17. The number of hydrogen-bond donors (Lipinski definition) is 2. The lowest BCUT2D eigenvalue weighted by molar-refractivity contribution is 0.141. The molecule has 1 rings (SSSR count). The molecule has 0 radical (unpaired) electrons. The van der Waals surface area contributed by atoms with E-state index in [0.29, 0.717) is 11.6 Å². The summed E-state index contributed by atoms with van der Waals surface area (Å²) in [6, 6.07) is 0. The second-order valence-corrected chi connectivity index (χ2v) is 4.63. The summed E-state index contributed by atoms with van der Waals surface area (Å²) < 4.78 is 7.25. The van der Waals surface area contributed by atoms with Gasteiger partial charge in [-0.15, -0.1) is 0 Å². The maximum absolute atomic E-state index is 5.71. The molecule has 0 saturated heterocycles. The molecule has 0 unspecified atom stereocenters. The fraction of sp³-hybridized carbons (Fsp3) is 0.667. The first-order chi connectivity index (χ1) is 8.57. The van der Waals surface area contributed by atoms with Crippen molar-refractivity contribution < 1.29 is 4.74 Å². The summed E-state index contributed by atoms with van der Waals surface area (Å²) in [7, 11) is 1.87. The molecule has 5 nitrogen and oxygen atoms in total. The van der Waals surface area contributed by atoms with Crippen molar-refractivity contribution >= 4 is 23.0 Å². The Morgan fingerprint density at radius 3 is 2.83 bits per heavy atom. The Bertz CT molecular complexity index is 403. The van der Waals surface area contributed by atoms with E-state index in [0.717, 1.165) is 43.1 Å². The molecular formula is C12H22N4OS. The number of nitrogens with zero attached hydrogens (tertiary/aromatic N) is 2. The number of aryl methyl sites for hydroxylation is 2. The molecule has 1 aromatic rings. The van der Waals surface area contributed by atoms with Crippen molar-refractivity contribution in [1.82, 2.24) is 9.78 Å². The van der Waals surface area contributed by atoms with Crippen LogP contribution in [0.3, 0.4) is 0 Å². The first-order valence-corrected chi connectivity index (χ1v) is 6.63. The molecule has 0 atom stereocenters. The highest BCUT2D eigenvalue weighted by Crippen LogP contribution is 2.18. The smallest absolute Gasteiger partial charge is 0.134 e. The van der Waals surface area contributed by atoms with Crippen LogP contribution < -0.4 is 11.1 Å². The largest absolute Gasteiger partial charge is 0.389 e. The van der Waals surface area contributed by atoms with Crippen LogP contribution in [0, 0.1) is 6.92 Å². The molecule has 0 spiro atoms. The molecule has 0 amide bonds. The summed E-state index contributed by atoms with van der Waals surface area (Å²) in [6.07, 6.45) is 2.25. The number of hydrogen-bond acceptors (Lipinski definition) is 4. The summed E-state index contributed by atoms with van der Waals surface area (Å²) >= 11 is 5.04. The first-order valence-electron chi connectivity index (χ1n) is 6.23. The number of nitrogens with two attached hydrogens (primary N) is 1. The number of thiocarbonyl (C=S) groups is 1. The Hall–Kier alpha value is -1.14. The zero-order valence-corrected chi connectivity index (χ0v) is 12.1. The number of rotatable bonds is 8. The van der Waals surface area contributed by atoms with Gasteiger partial charge in [0.25, 0.3) is 0 Å². The molecule has 0 bridgehead atoms. The van der Waals surface area contributed by atoms with Crippen LogP contribution in [0.15, 0.2) is 0 Å². The minimum absolute atomic E-state index is 0.370. The van der Waals surface area contributed by atoms with Gasteiger partial charge >= 0.3 is 0 Å². The van der Waals surface area contributed by atoms with Crippen LogP contribution >= 0.6 is 12.2 Å². The molecule has 0 fully saturated rings. The number of nitrogens with one attached hydrogen (secondary N) is 1. The van der Waals surface area contributed by atoms with Crippen molar-refractivity contribution in [2.45, 2.75) is 26.7 Å². The van der Waals surface area contributed by atoms with Gasteiger partial charge in [-0.1, -0.05) is 25.6 Å². The Balaban J connectivity index is 2.49. The van der Waals surface area contributed by atoms with Crippen molar-refractivity contribution in [2.24, 2.45) is 12.8 Å². The molecule has 0 aliphatic heterocycles. The fourth-order valence-corrected chi connectivity index (χ4v) is 1.99. The van der Waals surface area contributed by atoms with Crippen LogP contribution in [0.1, 0.15) is 31.0 Å². The standard InChI is InChI=1S/C12H22N4OS/c1-4-5-7-17-8-6-14-12-10(11(13)18)9(2)15-16(12)3/h14H,4-8H2,1-3H3,(H2,13,18). The number of ether oxygens (including phenoxy) is 1. The number of anilines is 1. The molecule has 0 aliphatic carbocycles. The van der Waals surface area contributed by atoms with Gasteiger partial charge < -0.3 is 15.8 Å². The SMILES string of the molecule is CCCCOCCNc1c(C(N)=S)c(C)nn1C. The lowest BCUT2D eigenvalue weighted by atomic mass is 10.2. The van der Waals surface area contributed by atoms with Crippen LogP contribution in [0.2, 0.25) is 0 Å². The van der Waals surface area contributed by atoms with Crippen molar-refractivity contribution in [2.75, 3.05) is 25.1 Å². The van der Waals surface area contributed by atoms with Gasteiger partial charge in [-0.25, -0.2) is 0 Å². The molecule has 1 heterocycles. The predicted octanol–water partition coefficient (Wildman–Crippen LogP) is 1.59. The van der Waals surface area contributed by atoms with Crippen LogP contribution in [0.4, 0.5) is 5.82 Å². The van der Waals surface area contributed by atoms with Gasteiger partial charge in [0.2, 0.25) is 0 Å². The van der Waals surface area contributed by atoms with Crippen LogP contribution in [0.5, 0.6) is 0 Å². The third kappa shape index (κ3) is 3.96. The van der Waals surface area contributed by atoms with Crippen molar-refractivity contribution in [3.8, 4) is 0 Å². The molecule has 6 heteroatoms. The Kier molecular flexibility index (Phi) is 6.07. The monoisotopic (exact) mass is 270 g/mol. The zero-order valence-electron chi connectivity index (χ0n) is 11.3. The maximum Gasteiger partial charge on any atom is 0.134 e. The summed E-state index contributed by atoms with van der Waals surface area (Å²) in [5, 5.41) is 7.58. The van der Waals surface area contributed by atoms with E-state index in [2.05, 4.69) is 17.3 Å². The topological polar surface area (TPSA) is 65.1 Å². The highest BCUT2D eigenvalue weighted by molar-refractivity contribution is 7.80. The van der Waals surface area contributed by atoms with E-state index in [9.17, 15) is 0 Å². The summed E-state index contributed by atoms with van der Waals surface area (Å²) in [5.74, 6) is 0.860. The van der Waals surface area contributed by atoms with E-state index >= 15 is 0 Å². The molecule has 3 N–H and O–H groups in total. The summed E-state index contributed by atoms with van der Waals surface area (Å²) in [6.45, 7) is 6.25. The minimum Gasteiger partial charge on any atom is -0.389 e. The van der Waals surface area contributed by atoms with E-state index in [1.54, 1.807) is 4.68 Å². The number of aromatic nitrogens is 2. The van der Waals surface area contributed by atoms with E-state index in [1.165, 1.54) is 0 Å². The minimum atomic E-state index is 0.370. The second-order valence-electron chi connectivity index (χ2n) is 4.19. The van der Waals surface area contributed by atoms with Crippen molar-refractivity contribution in [3.63, 3.8) is 0 Å². The van der Waals surface area contributed by atoms with E-state index in [1.807, 2.05) is 14.0 Å². The van der Waals surface area contributed by atoms with Gasteiger partial charge in [0.05, 0.1) is 17.9 Å².